The van der Waals surface area contributed by atoms with E-state index in [2.05, 4.69) is 4.74 Å². The Bertz CT molecular complexity index is 1240. The van der Waals surface area contributed by atoms with Gasteiger partial charge in [0.05, 0.1) is 30.9 Å². The molecular weight excluding hydrogens is 412 g/mol. The van der Waals surface area contributed by atoms with Crippen molar-refractivity contribution >= 4 is 23.8 Å². The summed E-state index contributed by atoms with van der Waals surface area (Å²) in [6.45, 7) is 0. The summed E-state index contributed by atoms with van der Waals surface area (Å²) in [5.74, 6) is -0.0894. The number of ether oxygens (including phenoxy) is 4. The topological polar surface area (TPSA) is 88.1 Å². The maximum absolute atomic E-state index is 12.7. The van der Waals surface area contributed by atoms with Crippen LogP contribution in [0.1, 0.15) is 36.6 Å². The molecule has 0 aliphatic carbocycles. The average Bonchev–Trinajstić information content (AvgIpc) is 3.13. The molecule has 0 saturated heterocycles. The van der Waals surface area contributed by atoms with Crippen LogP contribution < -0.4 is 14.2 Å². The van der Waals surface area contributed by atoms with E-state index in [9.17, 15) is 14.4 Å². The molecule has 4 rings (SSSR count). The molecule has 0 bridgehead atoms. The molecule has 3 aromatic carbocycles. The number of esters is 2. The molecule has 0 radical (unpaired) electrons. The second kappa shape index (κ2) is 8.77. The van der Waals surface area contributed by atoms with E-state index >= 15 is 0 Å². The molecule has 1 heterocycles. The Morgan fingerprint density at radius 1 is 0.844 bits per heavy atom. The van der Waals surface area contributed by atoms with Gasteiger partial charge in [-0.05, 0) is 54.1 Å². The lowest BCUT2D eigenvalue weighted by molar-refractivity contribution is 0.0600. The summed E-state index contributed by atoms with van der Waals surface area (Å²) in [4.78, 5) is 36.6. The van der Waals surface area contributed by atoms with Crippen molar-refractivity contribution in [1.29, 1.82) is 0 Å². The molecule has 1 aliphatic rings. The van der Waals surface area contributed by atoms with Gasteiger partial charge in [-0.15, -0.1) is 0 Å². The summed E-state index contributed by atoms with van der Waals surface area (Å²) in [5, 5.41) is 0. The first-order valence-electron chi connectivity index (χ1n) is 9.61. The van der Waals surface area contributed by atoms with Gasteiger partial charge in [-0.2, -0.15) is 0 Å². The molecule has 0 atom stereocenters. The minimum atomic E-state index is -0.561. The van der Waals surface area contributed by atoms with Gasteiger partial charge < -0.3 is 18.9 Å². The van der Waals surface area contributed by atoms with Gasteiger partial charge in [0.1, 0.15) is 17.2 Å². The van der Waals surface area contributed by atoms with Crippen LogP contribution in [0.15, 0.2) is 72.5 Å². The van der Waals surface area contributed by atoms with Crippen LogP contribution in [0, 0.1) is 0 Å². The first kappa shape index (κ1) is 20.9. The minimum absolute atomic E-state index is 0.127. The highest BCUT2D eigenvalue weighted by atomic mass is 16.5. The fraction of sp³-hybridized carbons (Fsp3) is 0.0800. The number of hydrogen-bond donors (Lipinski definition) is 0. The molecule has 3 aromatic rings. The smallest absolute Gasteiger partial charge is 0.343 e. The van der Waals surface area contributed by atoms with Crippen molar-refractivity contribution in [1.82, 2.24) is 0 Å². The lowest BCUT2D eigenvalue weighted by Gasteiger charge is -2.07. The number of ketones is 1. The Morgan fingerprint density at radius 3 is 2.34 bits per heavy atom. The Morgan fingerprint density at radius 2 is 1.62 bits per heavy atom. The summed E-state index contributed by atoms with van der Waals surface area (Å²) < 4.78 is 20.9. The SMILES string of the molecule is COC(=O)c1ccc(C=C2Oc3cc(OC(=O)c4cccc(OC)c4)ccc3C2=O)cc1. The van der Waals surface area contributed by atoms with Gasteiger partial charge in [0.2, 0.25) is 5.78 Å². The average molecular weight is 430 g/mol. The van der Waals surface area contributed by atoms with E-state index in [0.29, 0.717) is 33.8 Å². The van der Waals surface area contributed by atoms with Crippen LogP contribution >= 0.6 is 0 Å². The lowest BCUT2D eigenvalue weighted by atomic mass is 10.1. The standard InChI is InChI=1S/C25H18O7/c1-29-18-5-3-4-17(13-18)25(28)31-19-10-11-20-21(14-19)32-22(23(20)26)12-15-6-8-16(9-7-15)24(27)30-2/h3-14H,1-2H3. The van der Waals surface area contributed by atoms with Gasteiger partial charge in [0, 0.05) is 6.07 Å². The molecule has 0 spiro atoms. The third-order valence-electron chi connectivity index (χ3n) is 4.79. The second-order valence-corrected chi connectivity index (χ2v) is 6.83. The molecule has 7 heteroatoms. The predicted octanol–water partition coefficient (Wildman–Crippen LogP) is 4.32. The normalized spacial score (nSPS) is 13.3. The molecule has 0 fully saturated rings. The first-order valence-corrected chi connectivity index (χ1v) is 9.61. The third kappa shape index (κ3) is 4.22. The number of rotatable bonds is 5. The van der Waals surface area contributed by atoms with Gasteiger partial charge in [-0.25, -0.2) is 9.59 Å². The fourth-order valence-corrected chi connectivity index (χ4v) is 3.13. The van der Waals surface area contributed by atoms with Crippen LogP contribution in [0.25, 0.3) is 6.08 Å². The van der Waals surface area contributed by atoms with E-state index in [1.807, 2.05) is 0 Å². The highest BCUT2D eigenvalue weighted by Crippen LogP contribution is 2.35. The number of Topliss-reactive ketones (excluding diaryl/α,β-unsaturated/α-hetero) is 1. The van der Waals surface area contributed by atoms with Crippen molar-refractivity contribution in [3.05, 3.63) is 94.7 Å². The van der Waals surface area contributed by atoms with Crippen LogP contribution in [0.3, 0.4) is 0 Å². The van der Waals surface area contributed by atoms with Gasteiger partial charge >= 0.3 is 11.9 Å². The fourth-order valence-electron chi connectivity index (χ4n) is 3.13. The highest BCUT2D eigenvalue weighted by molar-refractivity contribution is 6.14. The zero-order valence-corrected chi connectivity index (χ0v) is 17.3. The van der Waals surface area contributed by atoms with E-state index in [4.69, 9.17) is 14.2 Å². The number of methoxy groups -OCH3 is 2. The van der Waals surface area contributed by atoms with Crippen molar-refractivity contribution < 1.29 is 33.3 Å². The summed E-state index contributed by atoms with van der Waals surface area (Å²) in [6, 6.07) is 17.7. The molecule has 0 aromatic heterocycles. The number of carbonyl (C=O) groups is 3. The van der Waals surface area contributed by atoms with E-state index in [1.165, 1.54) is 26.4 Å². The zero-order chi connectivity index (χ0) is 22.7. The van der Waals surface area contributed by atoms with Crippen molar-refractivity contribution in [2.45, 2.75) is 0 Å². The predicted molar refractivity (Wildman–Crippen MR) is 115 cm³/mol. The molecule has 7 nitrogen and oxygen atoms in total. The van der Waals surface area contributed by atoms with Crippen molar-refractivity contribution in [3.8, 4) is 17.2 Å². The molecular formula is C25H18O7. The number of benzene rings is 3. The Balaban J connectivity index is 1.51. The molecule has 160 valence electrons. The van der Waals surface area contributed by atoms with Crippen LogP contribution in [0.5, 0.6) is 17.2 Å². The van der Waals surface area contributed by atoms with Crippen LogP contribution in [-0.2, 0) is 4.74 Å². The first-order chi connectivity index (χ1) is 15.5. The Hall–Kier alpha value is -4.39. The highest BCUT2D eigenvalue weighted by Gasteiger charge is 2.28. The van der Waals surface area contributed by atoms with Gasteiger partial charge in [-0.1, -0.05) is 18.2 Å². The monoisotopic (exact) mass is 430 g/mol. The van der Waals surface area contributed by atoms with Crippen LogP contribution in [0.2, 0.25) is 0 Å². The number of carbonyl (C=O) groups excluding carboxylic acids is 3. The van der Waals surface area contributed by atoms with Gasteiger partial charge in [0.25, 0.3) is 0 Å². The van der Waals surface area contributed by atoms with Crippen molar-refractivity contribution in [2.24, 2.45) is 0 Å². The van der Waals surface area contributed by atoms with E-state index < -0.39 is 11.9 Å². The van der Waals surface area contributed by atoms with Gasteiger partial charge in [-0.3, -0.25) is 4.79 Å². The summed E-state index contributed by atoms with van der Waals surface area (Å²) in [6.07, 6.45) is 1.57. The summed E-state index contributed by atoms with van der Waals surface area (Å²) >= 11 is 0. The summed E-state index contributed by atoms with van der Waals surface area (Å²) in [5.41, 5.74) is 1.78. The van der Waals surface area contributed by atoms with Crippen molar-refractivity contribution in [2.75, 3.05) is 14.2 Å². The van der Waals surface area contributed by atoms with E-state index in [-0.39, 0.29) is 17.3 Å². The van der Waals surface area contributed by atoms with Crippen molar-refractivity contribution in [3.63, 3.8) is 0 Å². The maximum atomic E-state index is 12.7. The Labute approximate surface area is 183 Å². The summed E-state index contributed by atoms with van der Waals surface area (Å²) in [7, 11) is 2.82. The van der Waals surface area contributed by atoms with Crippen LogP contribution in [-0.4, -0.2) is 31.9 Å². The maximum Gasteiger partial charge on any atom is 0.343 e. The second-order valence-electron chi connectivity index (χ2n) is 6.83. The quantitative estimate of drug-likeness (QED) is 0.338. The zero-order valence-electron chi connectivity index (χ0n) is 17.3. The molecule has 0 saturated carbocycles. The number of allylic oxidation sites excluding steroid dienone is 1. The molecule has 0 amide bonds. The van der Waals surface area contributed by atoms with E-state index in [1.54, 1.807) is 60.7 Å². The number of fused-ring (bicyclic) bond motifs is 1. The Kier molecular flexibility index (Phi) is 5.72. The van der Waals surface area contributed by atoms with E-state index in [0.717, 1.165) is 0 Å². The number of hydrogen-bond acceptors (Lipinski definition) is 7. The third-order valence-corrected chi connectivity index (χ3v) is 4.79. The molecule has 32 heavy (non-hydrogen) atoms. The van der Waals surface area contributed by atoms with Gasteiger partial charge in [0.15, 0.2) is 5.76 Å². The molecule has 1 aliphatic heterocycles. The van der Waals surface area contributed by atoms with Crippen LogP contribution in [0.4, 0.5) is 0 Å². The largest absolute Gasteiger partial charge is 0.497 e. The lowest BCUT2D eigenvalue weighted by Crippen LogP contribution is -2.08. The molecule has 0 unspecified atom stereocenters. The molecule has 0 N–H and O–H groups in total. The minimum Gasteiger partial charge on any atom is -0.497 e.